The van der Waals surface area contributed by atoms with Crippen molar-refractivity contribution in [2.24, 2.45) is 0 Å². The quantitative estimate of drug-likeness (QED) is 0.416. The summed E-state index contributed by atoms with van der Waals surface area (Å²) in [5, 5.41) is 2.53. The minimum atomic E-state index is -4.46. The molecule has 33 heavy (non-hydrogen) atoms. The minimum Gasteiger partial charge on any atom is -0.322 e. The summed E-state index contributed by atoms with van der Waals surface area (Å²) in [5.74, 6) is -0.528. The number of thioether (sulfide) groups is 1. The van der Waals surface area contributed by atoms with E-state index in [2.05, 4.69) is 5.32 Å². The standard InChI is InChI=1S/C23H21F3N2O3S2/c1-3-28(33(30,31)21-14-12-20(32-2)13-15-21)19-10-4-16(5-11-19)22(29)27-18-8-6-17(7-9-18)23(24,25)26/h4-15H,3H2,1-2H3,(H,27,29). The molecule has 1 amide bonds. The van der Waals surface area contributed by atoms with Crippen LogP contribution in [0.2, 0.25) is 0 Å². The van der Waals surface area contributed by atoms with Gasteiger partial charge in [0, 0.05) is 22.7 Å². The zero-order valence-electron chi connectivity index (χ0n) is 17.8. The Hall–Kier alpha value is -2.98. The van der Waals surface area contributed by atoms with Crippen molar-refractivity contribution in [1.82, 2.24) is 0 Å². The number of halogens is 3. The molecule has 3 aromatic rings. The highest BCUT2D eigenvalue weighted by molar-refractivity contribution is 7.98. The van der Waals surface area contributed by atoms with E-state index in [0.717, 1.165) is 17.0 Å². The van der Waals surface area contributed by atoms with Crippen LogP contribution in [0.25, 0.3) is 0 Å². The minimum absolute atomic E-state index is 0.159. The Balaban J connectivity index is 1.76. The highest BCUT2D eigenvalue weighted by Crippen LogP contribution is 2.30. The summed E-state index contributed by atoms with van der Waals surface area (Å²) in [7, 11) is -3.80. The largest absolute Gasteiger partial charge is 0.416 e. The maximum atomic E-state index is 13.1. The lowest BCUT2D eigenvalue weighted by Gasteiger charge is -2.23. The maximum absolute atomic E-state index is 13.1. The molecule has 0 atom stereocenters. The van der Waals surface area contributed by atoms with Gasteiger partial charge in [0.25, 0.3) is 15.9 Å². The summed E-state index contributed by atoms with van der Waals surface area (Å²) < 4.78 is 65.4. The molecule has 0 aliphatic carbocycles. The zero-order valence-corrected chi connectivity index (χ0v) is 19.4. The van der Waals surface area contributed by atoms with Gasteiger partial charge >= 0.3 is 6.18 Å². The van der Waals surface area contributed by atoms with Gasteiger partial charge in [0.15, 0.2) is 0 Å². The number of hydrogen-bond donors (Lipinski definition) is 1. The molecule has 10 heteroatoms. The molecule has 3 aromatic carbocycles. The molecule has 0 aliphatic rings. The van der Waals surface area contributed by atoms with Crippen LogP contribution in [0.5, 0.6) is 0 Å². The van der Waals surface area contributed by atoms with E-state index in [4.69, 9.17) is 0 Å². The number of nitrogens with zero attached hydrogens (tertiary/aromatic N) is 1. The van der Waals surface area contributed by atoms with E-state index in [0.29, 0.717) is 5.69 Å². The molecular formula is C23H21F3N2O3S2. The number of sulfonamides is 1. The highest BCUT2D eigenvalue weighted by Gasteiger charge is 2.30. The summed E-state index contributed by atoms with van der Waals surface area (Å²) in [6.07, 6.45) is -2.56. The first kappa shape index (κ1) is 24.7. The number of benzene rings is 3. The Morgan fingerprint density at radius 3 is 2.00 bits per heavy atom. The van der Waals surface area contributed by atoms with Gasteiger partial charge in [-0.2, -0.15) is 13.2 Å². The van der Waals surface area contributed by atoms with Gasteiger partial charge in [-0.25, -0.2) is 8.42 Å². The van der Waals surface area contributed by atoms with Crippen LogP contribution in [0.4, 0.5) is 24.5 Å². The molecule has 5 nitrogen and oxygen atoms in total. The van der Waals surface area contributed by atoms with Crippen LogP contribution in [0.3, 0.4) is 0 Å². The van der Waals surface area contributed by atoms with Crippen LogP contribution < -0.4 is 9.62 Å². The predicted molar refractivity (Wildman–Crippen MR) is 124 cm³/mol. The van der Waals surface area contributed by atoms with Crippen molar-refractivity contribution in [2.45, 2.75) is 22.9 Å². The third-order valence-electron chi connectivity index (χ3n) is 4.82. The summed E-state index contributed by atoms with van der Waals surface area (Å²) in [5.41, 5.74) is 0.0197. The summed E-state index contributed by atoms with van der Waals surface area (Å²) in [6.45, 7) is 1.89. The van der Waals surface area contributed by atoms with Gasteiger partial charge < -0.3 is 5.32 Å². The molecule has 0 aliphatic heterocycles. The first-order valence-electron chi connectivity index (χ1n) is 9.81. The second kappa shape index (κ2) is 9.88. The molecule has 0 bridgehead atoms. The second-order valence-corrected chi connectivity index (χ2v) is 9.66. The van der Waals surface area contributed by atoms with Gasteiger partial charge in [0.05, 0.1) is 16.1 Å². The van der Waals surface area contributed by atoms with E-state index in [1.807, 2.05) is 6.26 Å². The topological polar surface area (TPSA) is 66.5 Å². The lowest BCUT2D eigenvalue weighted by molar-refractivity contribution is -0.137. The number of nitrogens with one attached hydrogen (secondary N) is 1. The van der Waals surface area contributed by atoms with Crippen LogP contribution in [-0.2, 0) is 16.2 Å². The summed E-state index contributed by atoms with van der Waals surface area (Å²) in [4.78, 5) is 13.6. The third kappa shape index (κ3) is 5.69. The van der Waals surface area contributed by atoms with Gasteiger partial charge in [0.2, 0.25) is 0 Å². The predicted octanol–water partition coefficient (Wildman–Crippen LogP) is 5.89. The van der Waals surface area contributed by atoms with E-state index < -0.39 is 27.7 Å². The van der Waals surface area contributed by atoms with E-state index in [1.54, 1.807) is 31.2 Å². The Labute approximate surface area is 194 Å². The normalized spacial score (nSPS) is 11.8. The molecule has 0 fully saturated rings. The van der Waals surface area contributed by atoms with Crippen molar-refractivity contribution < 1.29 is 26.4 Å². The first-order valence-corrected chi connectivity index (χ1v) is 12.5. The molecular weight excluding hydrogens is 473 g/mol. The molecule has 1 N–H and O–H groups in total. The number of anilines is 2. The van der Waals surface area contributed by atoms with Gasteiger partial charge in [-0.1, -0.05) is 0 Å². The lowest BCUT2D eigenvalue weighted by Crippen LogP contribution is -2.30. The van der Waals surface area contributed by atoms with Crippen LogP contribution >= 0.6 is 11.8 Å². The zero-order chi connectivity index (χ0) is 24.2. The average Bonchev–Trinajstić information content (AvgIpc) is 2.79. The first-order chi connectivity index (χ1) is 15.6. The monoisotopic (exact) mass is 494 g/mol. The van der Waals surface area contributed by atoms with Crippen molar-refractivity contribution >= 4 is 39.1 Å². The van der Waals surface area contributed by atoms with Gasteiger partial charge in [-0.3, -0.25) is 9.10 Å². The highest BCUT2D eigenvalue weighted by atomic mass is 32.2. The maximum Gasteiger partial charge on any atom is 0.416 e. The van der Waals surface area contributed by atoms with Crippen molar-refractivity contribution in [3.63, 3.8) is 0 Å². The van der Waals surface area contributed by atoms with Crippen LogP contribution in [-0.4, -0.2) is 27.1 Å². The van der Waals surface area contributed by atoms with E-state index in [1.165, 1.54) is 52.5 Å². The molecule has 0 spiro atoms. The second-order valence-electron chi connectivity index (χ2n) is 6.92. The number of carbonyl (C=O) groups excluding carboxylic acids is 1. The average molecular weight is 495 g/mol. The third-order valence-corrected chi connectivity index (χ3v) is 7.48. The van der Waals surface area contributed by atoms with Gasteiger partial charge in [0.1, 0.15) is 0 Å². The molecule has 0 unspecified atom stereocenters. The van der Waals surface area contributed by atoms with Crippen molar-refractivity contribution in [3.8, 4) is 0 Å². The molecule has 0 heterocycles. The Morgan fingerprint density at radius 2 is 1.52 bits per heavy atom. The summed E-state index contributed by atoms with van der Waals surface area (Å²) in [6, 6.07) is 16.6. The molecule has 0 saturated carbocycles. The smallest absolute Gasteiger partial charge is 0.322 e. The Bertz CT molecular complexity index is 1210. The van der Waals surface area contributed by atoms with Gasteiger partial charge in [-0.15, -0.1) is 11.8 Å². The Morgan fingerprint density at radius 1 is 0.939 bits per heavy atom. The van der Waals surface area contributed by atoms with E-state index in [9.17, 15) is 26.4 Å². The molecule has 0 saturated heterocycles. The van der Waals surface area contributed by atoms with Crippen molar-refractivity contribution in [3.05, 3.63) is 83.9 Å². The number of amides is 1. The number of alkyl halides is 3. The van der Waals surface area contributed by atoms with Crippen LogP contribution in [0.15, 0.2) is 82.6 Å². The number of carbonyl (C=O) groups is 1. The van der Waals surface area contributed by atoms with Crippen LogP contribution in [0, 0.1) is 0 Å². The Kier molecular flexibility index (Phi) is 7.38. The molecule has 0 aromatic heterocycles. The lowest BCUT2D eigenvalue weighted by atomic mass is 10.1. The molecule has 174 valence electrons. The van der Waals surface area contributed by atoms with Crippen LogP contribution in [0.1, 0.15) is 22.8 Å². The fourth-order valence-corrected chi connectivity index (χ4v) is 4.97. The fourth-order valence-electron chi connectivity index (χ4n) is 3.09. The summed E-state index contributed by atoms with van der Waals surface area (Å²) >= 11 is 1.51. The van der Waals surface area contributed by atoms with Gasteiger partial charge in [-0.05, 0) is 86.0 Å². The van der Waals surface area contributed by atoms with E-state index >= 15 is 0 Å². The molecule has 3 rings (SSSR count). The fraction of sp³-hybridized carbons (Fsp3) is 0.174. The van der Waals surface area contributed by atoms with E-state index in [-0.39, 0.29) is 22.7 Å². The molecule has 0 radical (unpaired) electrons. The van der Waals surface area contributed by atoms with Crippen molar-refractivity contribution in [2.75, 3.05) is 22.4 Å². The number of rotatable bonds is 7. The number of hydrogen-bond acceptors (Lipinski definition) is 4. The van der Waals surface area contributed by atoms with Crippen molar-refractivity contribution in [1.29, 1.82) is 0 Å². The SMILES string of the molecule is CCN(c1ccc(C(=O)Nc2ccc(C(F)(F)F)cc2)cc1)S(=O)(=O)c1ccc(SC)cc1.